The average Bonchev–Trinajstić information content (AvgIpc) is 3.20. The maximum atomic E-state index is 15.1. The van der Waals surface area contributed by atoms with E-state index in [2.05, 4.69) is 32.0 Å². The molecular weight excluding hydrogens is 490 g/mol. The van der Waals surface area contributed by atoms with E-state index in [-0.39, 0.29) is 11.4 Å². The lowest BCUT2D eigenvalue weighted by Crippen LogP contribution is -2.67. The molecule has 7 nitrogen and oxygen atoms in total. The van der Waals surface area contributed by atoms with Crippen LogP contribution >= 0.6 is 23.2 Å². The highest BCUT2D eigenvalue weighted by Gasteiger charge is 2.42. The van der Waals surface area contributed by atoms with Gasteiger partial charge in [-0.2, -0.15) is 5.10 Å². The van der Waals surface area contributed by atoms with E-state index in [0.717, 1.165) is 24.0 Å². The van der Waals surface area contributed by atoms with E-state index in [1.807, 2.05) is 44.1 Å². The summed E-state index contributed by atoms with van der Waals surface area (Å²) in [7, 11) is 4.07. The molecule has 10 heteroatoms. The topological polar surface area (TPSA) is 70.2 Å². The first kappa shape index (κ1) is 23.8. The number of likely N-dealkylation sites (N-methyl/N-ethyl adjacent to an activating group) is 1. The molecule has 1 aromatic carbocycles. The number of nitrogens with one attached hydrogen (secondary N) is 1. The Labute approximate surface area is 212 Å². The molecule has 1 aliphatic heterocycles. The van der Waals surface area contributed by atoms with E-state index < -0.39 is 6.10 Å². The quantitative estimate of drug-likeness (QED) is 0.353. The Balaban J connectivity index is 1.41. The first-order valence-corrected chi connectivity index (χ1v) is 11.9. The fourth-order valence-electron chi connectivity index (χ4n) is 4.36. The van der Waals surface area contributed by atoms with Crippen LogP contribution in [0.3, 0.4) is 0 Å². The Morgan fingerprint density at radius 3 is 2.51 bits per heavy atom. The van der Waals surface area contributed by atoms with Crippen molar-refractivity contribution in [2.75, 3.05) is 32.1 Å². The van der Waals surface area contributed by atoms with Crippen LogP contribution in [0.5, 0.6) is 5.75 Å². The fraction of sp³-hybridized carbons (Fsp3) is 0.320. The van der Waals surface area contributed by atoms with Gasteiger partial charge in [0, 0.05) is 48.2 Å². The van der Waals surface area contributed by atoms with Crippen molar-refractivity contribution < 1.29 is 9.13 Å². The number of rotatable bonds is 6. The summed E-state index contributed by atoms with van der Waals surface area (Å²) in [6, 6.07) is 7.04. The third-order valence-electron chi connectivity index (χ3n) is 6.68. The van der Waals surface area contributed by atoms with Crippen molar-refractivity contribution in [3.05, 3.63) is 64.3 Å². The minimum Gasteiger partial charge on any atom is -0.486 e. The summed E-state index contributed by atoms with van der Waals surface area (Å²) in [4.78, 5) is 12.5. The largest absolute Gasteiger partial charge is 0.486 e. The van der Waals surface area contributed by atoms with Crippen LogP contribution in [-0.2, 0) is 0 Å². The lowest BCUT2D eigenvalue weighted by atomic mass is 9.91. The van der Waals surface area contributed by atoms with Gasteiger partial charge >= 0.3 is 0 Å². The molecule has 0 bridgehead atoms. The molecule has 4 heterocycles. The van der Waals surface area contributed by atoms with E-state index in [0.29, 0.717) is 38.4 Å². The van der Waals surface area contributed by atoms with Crippen LogP contribution in [0.15, 0.2) is 42.9 Å². The second-order valence-corrected chi connectivity index (χ2v) is 10.1. The normalized spacial score (nSPS) is 15.9. The van der Waals surface area contributed by atoms with E-state index >= 15 is 4.39 Å². The Kier molecular flexibility index (Phi) is 6.07. The molecule has 0 amide bonds. The van der Waals surface area contributed by atoms with Gasteiger partial charge in [0.15, 0.2) is 11.6 Å². The molecule has 5 rings (SSSR count). The van der Waals surface area contributed by atoms with Crippen LogP contribution in [0, 0.1) is 5.82 Å². The summed E-state index contributed by atoms with van der Waals surface area (Å²) in [5.74, 6) is 0.588. The number of ether oxygens (including phenoxy) is 1. The lowest BCUT2D eigenvalue weighted by molar-refractivity contribution is 0.132. The van der Waals surface area contributed by atoms with Crippen LogP contribution < -0.4 is 9.64 Å². The number of aromatic nitrogens is 4. The van der Waals surface area contributed by atoms with Crippen LogP contribution in [0.25, 0.3) is 22.2 Å². The number of nitrogens with zero attached hydrogens (tertiary/aromatic N) is 5. The van der Waals surface area contributed by atoms with Gasteiger partial charge in [-0.3, -0.25) is 10.1 Å². The maximum absolute atomic E-state index is 15.1. The number of halogens is 3. The number of aromatic amines is 1. The molecule has 4 aromatic rings. The molecule has 0 saturated carbocycles. The predicted molar refractivity (Wildman–Crippen MR) is 137 cm³/mol. The summed E-state index contributed by atoms with van der Waals surface area (Å²) < 4.78 is 21.2. The summed E-state index contributed by atoms with van der Waals surface area (Å²) in [5.41, 5.74) is 2.66. The van der Waals surface area contributed by atoms with E-state index in [1.54, 1.807) is 6.20 Å². The Hall–Kier alpha value is -2.94. The van der Waals surface area contributed by atoms with Crippen molar-refractivity contribution in [3.8, 4) is 17.0 Å². The van der Waals surface area contributed by atoms with Gasteiger partial charge in [0.2, 0.25) is 0 Å². The van der Waals surface area contributed by atoms with Crippen molar-refractivity contribution >= 4 is 39.9 Å². The highest BCUT2D eigenvalue weighted by Crippen LogP contribution is 2.36. The Bertz CT molecular complexity index is 1380. The zero-order valence-electron chi connectivity index (χ0n) is 19.8. The minimum atomic E-state index is -0.409. The summed E-state index contributed by atoms with van der Waals surface area (Å²) >= 11 is 12.6. The second-order valence-electron chi connectivity index (χ2n) is 9.33. The molecular formula is C25H25Cl2FN6O. The number of pyridine rings is 2. The number of hydrogen-bond acceptors (Lipinski definition) is 6. The highest BCUT2D eigenvalue weighted by molar-refractivity contribution is 6.35. The summed E-state index contributed by atoms with van der Waals surface area (Å²) in [6.07, 6.45) is 4.32. The first-order chi connectivity index (χ1) is 16.7. The number of H-pyrrole nitrogens is 1. The Morgan fingerprint density at radius 1 is 1.14 bits per heavy atom. The van der Waals surface area contributed by atoms with Crippen molar-refractivity contribution in [1.29, 1.82) is 0 Å². The van der Waals surface area contributed by atoms with Gasteiger partial charge in [0.1, 0.15) is 17.5 Å². The summed E-state index contributed by atoms with van der Waals surface area (Å²) in [6.45, 7) is 5.46. The van der Waals surface area contributed by atoms with Gasteiger partial charge in [-0.25, -0.2) is 9.37 Å². The van der Waals surface area contributed by atoms with Crippen LogP contribution in [0.4, 0.5) is 10.2 Å². The van der Waals surface area contributed by atoms with Crippen molar-refractivity contribution in [3.63, 3.8) is 0 Å². The second kappa shape index (κ2) is 8.93. The van der Waals surface area contributed by atoms with E-state index in [4.69, 9.17) is 27.9 Å². The molecule has 35 heavy (non-hydrogen) atoms. The third kappa shape index (κ3) is 4.30. The molecule has 1 N–H and O–H groups in total. The van der Waals surface area contributed by atoms with E-state index in [9.17, 15) is 0 Å². The third-order valence-corrected chi connectivity index (χ3v) is 7.28. The zero-order chi connectivity index (χ0) is 24.9. The standard InChI is InChI=1S/C25H25Cl2FN6O/c1-14(22-18(26)10-29-11-19(22)27)35-16-5-6-21-17(8-16)23(32-31-21)15-7-20(28)24(30-9-15)34-12-25(2,13-34)33(3)4/h5-11,14H,12-13H2,1-4H3,(H,31,32)/t14-/m1/s1. The zero-order valence-corrected chi connectivity index (χ0v) is 21.3. The lowest BCUT2D eigenvalue weighted by Gasteiger charge is -2.52. The number of anilines is 1. The molecule has 1 aliphatic rings. The monoisotopic (exact) mass is 514 g/mol. The Morgan fingerprint density at radius 2 is 1.86 bits per heavy atom. The SMILES string of the molecule is C[C@@H](Oc1ccc2[nH]nc(-c3cnc(N4CC(C)(N(C)C)C4)c(F)c3)c2c1)c1c(Cl)cncc1Cl. The van der Waals surface area contributed by atoms with Crippen molar-refractivity contribution in [2.45, 2.75) is 25.5 Å². The molecule has 0 spiro atoms. The molecule has 3 aromatic heterocycles. The van der Waals surface area contributed by atoms with Crippen molar-refractivity contribution in [1.82, 2.24) is 25.1 Å². The molecule has 0 radical (unpaired) electrons. The number of benzene rings is 1. The molecule has 1 atom stereocenters. The van der Waals surface area contributed by atoms with Crippen molar-refractivity contribution in [2.24, 2.45) is 0 Å². The highest BCUT2D eigenvalue weighted by atomic mass is 35.5. The molecule has 0 unspecified atom stereocenters. The maximum Gasteiger partial charge on any atom is 0.166 e. The van der Waals surface area contributed by atoms with E-state index in [1.165, 1.54) is 18.5 Å². The number of hydrogen-bond donors (Lipinski definition) is 1. The molecule has 0 aliphatic carbocycles. The van der Waals surface area contributed by atoms with Gasteiger partial charge < -0.3 is 14.5 Å². The van der Waals surface area contributed by atoms with Gasteiger partial charge in [-0.1, -0.05) is 23.2 Å². The van der Waals surface area contributed by atoms with Crippen LogP contribution in [0.1, 0.15) is 25.5 Å². The average molecular weight is 515 g/mol. The molecule has 182 valence electrons. The predicted octanol–water partition coefficient (Wildman–Crippen LogP) is 5.75. The first-order valence-electron chi connectivity index (χ1n) is 11.2. The minimum absolute atomic E-state index is 0.0173. The van der Waals surface area contributed by atoms with Crippen LogP contribution in [-0.4, -0.2) is 57.8 Å². The van der Waals surface area contributed by atoms with Gasteiger partial charge in [0.05, 0.1) is 21.1 Å². The van der Waals surface area contributed by atoms with Crippen LogP contribution in [0.2, 0.25) is 10.0 Å². The fourth-order valence-corrected chi connectivity index (χ4v) is 5.03. The van der Waals surface area contributed by atoms with Gasteiger partial charge in [-0.15, -0.1) is 0 Å². The molecule has 1 fully saturated rings. The number of fused-ring (bicyclic) bond motifs is 1. The van der Waals surface area contributed by atoms with Gasteiger partial charge in [-0.05, 0) is 52.2 Å². The summed E-state index contributed by atoms with van der Waals surface area (Å²) in [5, 5.41) is 9.07. The smallest absolute Gasteiger partial charge is 0.166 e. The van der Waals surface area contributed by atoms with Gasteiger partial charge in [0.25, 0.3) is 0 Å². The molecule has 1 saturated heterocycles.